The van der Waals surface area contributed by atoms with E-state index in [1.54, 1.807) is 32.9 Å². The number of nitrogens with zero attached hydrogens (tertiary/aromatic N) is 1. The topological polar surface area (TPSA) is 107 Å². The van der Waals surface area contributed by atoms with Gasteiger partial charge in [0.1, 0.15) is 6.29 Å². The first-order chi connectivity index (χ1) is 13.4. The normalized spacial score (nSPS) is 11.0. The largest absolute Gasteiger partial charge is 0.489 e. The molecule has 0 aliphatic heterocycles. The molecule has 0 radical (unpaired) electrons. The van der Waals surface area contributed by atoms with Gasteiger partial charge >= 0.3 is 7.12 Å². The molecule has 0 aliphatic rings. The van der Waals surface area contributed by atoms with E-state index in [1.165, 1.54) is 23.2 Å². The predicted octanol–water partition coefficient (Wildman–Crippen LogP) is 1.38. The lowest BCUT2D eigenvalue weighted by molar-refractivity contribution is 0.0358. The zero-order valence-electron chi connectivity index (χ0n) is 17.2. The quantitative estimate of drug-likeness (QED) is 0.411. The van der Waals surface area contributed by atoms with Gasteiger partial charge in [-0.1, -0.05) is 23.3 Å². The van der Waals surface area contributed by atoms with E-state index in [9.17, 15) is 24.4 Å². The molecular formula is C21H25BN2O5. The van der Waals surface area contributed by atoms with Crippen molar-refractivity contribution in [1.29, 1.82) is 0 Å². The molecule has 0 heterocycles. The van der Waals surface area contributed by atoms with E-state index in [2.05, 4.69) is 5.43 Å². The Balaban J connectivity index is 2.37. The first-order valence-corrected chi connectivity index (χ1v) is 9.13. The highest BCUT2D eigenvalue weighted by Gasteiger charge is 2.30. The second kappa shape index (κ2) is 8.59. The van der Waals surface area contributed by atoms with Crippen LogP contribution in [0.5, 0.6) is 0 Å². The molecule has 0 saturated carbocycles. The van der Waals surface area contributed by atoms with Crippen molar-refractivity contribution in [3.63, 3.8) is 0 Å². The van der Waals surface area contributed by atoms with Crippen molar-refractivity contribution in [3.05, 3.63) is 64.2 Å². The zero-order valence-corrected chi connectivity index (χ0v) is 17.2. The van der Waals surface area contributed by atoms with Crippen LogP contribution in [0.1, 0.15) is 63.0 Å². The third kappa shape index (κ3) is 5.31. The molecule has 152 valence electrons. The molecule has 2 aromatic rings. The Morgan fingerprint density at radius 1 is 1.00 bits per heavy atom. The lowest BCUT2D eigenvalue weighted by atomic mass is 9.77. The molecule has 0 unspecified atom stereocenters. The van der Waals surface area contributed by atoms with E-state index in [0.29, 0.717) is 11.8 Å². The molecule has 3 N–H and O–H groups in total. The molecule has 0 aromatic heterocycles. The molecule has 0 spiro atoms. The van der Waals surface area contributed by atoms with Gasteiger partial charge in [-0.2, -0.15) is 0 Å². The van der Waals surface area contributed by atoms with Crippen molar-refractivity contribution in [2.75, 3.05) is 0 Å². The third-order valence-electron chi connectivity index (χ3n) is 4.31. The Morgan fingerprint density at radius 3 is 2.07 bits per heavy atom. The van der Waals surface area contributed by atoms with E-state index >= 15 is 0 Å². The van der Waals surface area contributed by atoms with Gasteiger partial charge in [-0.3, -0.25) is 19.8 Å². The molecule has 29 heavy (non-hydrogen) atoms. The Morgan fingerprint density at radius 2 is 1.59 bits per heavy atom. The fraction of sp³-hybridized carbons (Fsp3) is 0.286. The van der Waals surface area contributed by atoms with Crippen molar-refractivity contribution in [1.82, 2.24) is 10.4 Å². The molecule has 0 aliphatic carbocycles. The van der Waals surface area contributed by atoms with Crippen molar-refractivity contribution >= 4 is 30.7 Å². The fourth-order valence-corrected chi connectivity index (χ4v) is 2.97. The van der Waals surface area contributed by atoms with E-state index in [-0.39, 0.29) is 22.5 Å². The first-order valence-electron chi connectivity index (χ1n) is 9.13. The number of carbonyl (C=O) groups excluding carboxylic acids is 3. The Bertz CT molecular complexity index is 930. The van der Waals surface area contributed by atoms with E-state index in [4.69, 9.17) is 0 Å². The van der Waals surface area contributed by atoms with E-state index in [0.717, 1.165) is 11.1 Å². The van der Waals surface area contributed by atoms with E-state index in [1.807, 2.05) is 19.9 Å². The molecule has 8 heteroatoms. The molecule has 2 amide bonds. The minimum absolute atomic E-state index is 0.00413. The van der Waals surface area contributed by atoms with Gasteiger partial charge in [0.05, 0.1) is 5.54 Å². The van der Waals surface area contributed by atoms with Crippen LogP contribution in [0, 0.1) is 13.8 Å². The number of aldehydes is 1. The number of aryl methyl sites for hydroxylation is 2. The number of hydrogen-bond donors (Lipinski definition) is 3. The average molecular weight is 396 g/mol. The Labute approximate surface area is 170 Å². The Hall–Kier alpha value is -2.97. The smallest absolute Gasteiger partial charge is 0.423 e. The number of benzene rings is 2. The molecule has 0 saturated heterocycles. The molecule has 2 aromatic carbocycles. The summed E-state index contributed by atoms with van der Waals surface area (Å²) in [4.78, 5) is 37.1. The summed E-state index contributed by atoms with van der Waals surface area (Å²) in [5.41, 5.74) is 4.29. The maximum atomic E-state index is 13.1. The molecule has 0 bridgehead atoms. The highest BCUT2D eigenvalue weighted by Crippen LogP contribution is 2.18. The molecule has 0 fully saturated rings. The van der Waals surface area contributed by atoms with Gasteiger partial charge in [-0.25, -0.2) is 5.01 Å². The van der Waals surface area contributed by atoms with E-state index < -0.39 is 18.6 Å². The lowest BCUT2D eigenvalue weighted by Crippen LogP contribution is -2.56. The summed E-state index contributed by atoms with van der Waals surface area (Å²) in [7, 11) is -1.83. The highest BCUT2D eigenvalue weighted by atomic mass is 16.4. The van der Waals surface area contributed by atoms with Gasteiger partial charge in [0, 0.05) is 16.7 Å². The van der Waals surface area contributed by atoms with Crippen LogP contribution >= 0.6 is 0 Å². The molecular weight excluding hydrogens is 371 g/mol. The number of nitrogens with one attached hydrogen (secondary N) is 1. The molecule has 0 atom stereocenters. The number of rotatable bonds is 4. The van der Waals surface area contributed by atoms with Crippen LogP contribution in [0.4, 0.5) is 0 Å². The second-order valence-electron chi connectivity index (χ2n) is 7.96. The summed E-state index contributed by atoms with van der Waals surface area (Å²) in [6.07, 6.45) is 0.438. The van der Waals surface area contributed by atoms with Crippen LogP contribution in [0.2, 0.25) is 0 Å². The summed E-state index contributed by atoms with van der Waals surface area (Å²) in [6, 6.07) is 9.36. The van der Waals surface area contributed by atoms with Gasteiger partial charge < -0.3 is 10.0 Å². The minimum atomic E-state index is -1.83. The molecule has 7 nitrogen and oxygen atoms in total. The van der Waals surface area contributed by atoms with Gasteiger partial charge in [0.2, 0.25) is 0 Å². The van der Waals surface area contributed by atoms with Gasteiger partial charge in [0.15, 0.2) is 0 Å². The summed E-state index contributed by atoms with van der Waals surface area (Å²) in [6.45, 7) is 9.14. The van der Waals surface area contributed by atoms with Gasteiger partial charge in [-0.15, -0.1) is 0 Å². The highest BCUT2D eigenvalue weighted by molar-refractivity contribution is 6.60. The van der Waals surface area contributed by atoms with Crippen molar-refractivity contribution in [3.8, 4) is 0 Å². The second-order valence-corrected chi connectivity index (χ2v) is 7.96. The number of carbonyl (C=O) groups is 3. The van der Waals surface area contributed by atoms with Gasteiger partial charge in [0.25, 0.3) is 11.8 Å². The monoisotopic (exact) mass is 396 g/mol. The number of amides is 2. The predicted molar refractivity (Wildman–Crippen MR) is 111 cm³/mol. The van der Waals surface area contributed by atoms with Crippen LogP contribution in [-0.2, 0) is 0 Å². The summed E-state index contributed by atoms with van der Waals surface area (Å²) in [5.74, 6) is -0.963. The maximum absolute atomic E-state index is 13.1. The zero-order chi connectivity index (χ0) is 21.9. The third-order valence-corrected chi connectivity index (χ3v) is 4.31. The van der Waals surface area contributed by atoms with Crippen LogP contribution in [-0.4, -0.2) is 45.8 Å². The summed E-state index contributed by atoms with van der Waals surface area (Å²) < 4.78 is 0. The van der Waals surface area contributed by atoms with Crippen LogP contribution < -0.4 is 10.9 Å². The SMILES string of the molecule is Cc1cc(C)cc(C(=O)N(NC(=O)c2ccc(B(O)O)c(C=O)c2)C(C)(C)C)c1. The van der Waals surface area contributed by atoms with Crippen LogP contribution in [0.3, 0.4) is 0 Å². The Kier molecular flexibility index (Phi) is 6.61. The van der Waals surface area contributed by atoms with Crippen molar-refractivity contribution in [2.24, 2.45) is 0 Å². The van der Waals surface area contributed by atoms with Crippen molar-refractivity contribution < 1.29 is 24.4 Å². The average Bonchev–Trinajstić information content (AvgIpc) is 2.62. The van der Waals surface area contributed by atoms with Gasteiger partial charge in [-0.05, 0) is 64.3 Å². The first kappa shape index (κ1) is 22.3. The molecule has 2 rings (SSSR count). The lowest BCUT2D eigenvalue weighted by Gasteiger charge is -2.35. The summed E-state index contributed by atoms with van der Waals surface area (Å²) >= 11 is 0. The standard InChI is InChI=1S/C21H25BN2O5/c1-13-8-14(2)10-16(9-13)20(27)24(21(3,4)5)23-19(26)15-6-7-18(22(28)29)17(11-15)12-25/h6-12,28-29H,1-5H3,(H,23,26). The fourth-order valence-electron chi connectivity index (χ4n) is 2.97. The van der Waals surface area contributed by atoms with Crippen LogP contribution in [0.15, 0.2) is 36.4 Å². The minimum Gasteiger partial charge on any atom is -0.423 e. The summed E-state index contributed by atoms with van der Waals surface area (Å²) in [5, 5.41) is 19.9. The van der Waals surface area contributed by atoms with Crippen LogP contribution in [0.25, 0.3) is 0 Å². The number of hydrazine groups is 1. The maximum Gasteiger partial charge on any atom is 0.489 e. The van der Waals surface area contributed by atoms with Crippen molar-refractivity contribution in [2.45, 2.75) is 40.2 Å². The number of hydrogen-bond acceptors (Lipinski definition) is 5.